The maximum absolute atomic E-state index is 10.8. The largest absolute Gasteiger partial charge is 0.478 e. The predicted molar refractivity (Wildman–Crippen MR) is 70.3 cm³/mol. The first-order valence-corrected chi connectivity index (χ1v) is 6.64. The average molecular weight is 269 g/mol. The van der Waals surface area contributed by atoms with Gasteiger partial charge < -0.3 is 9.84 Å². The van der Waals surface area contributed by atoms with Gasteiger partial charge in [-0.25, -0.2) is 4.79 Å². The van der Waals surface area contributed by atoms with Gasteiger partial charge in [-0.3, -0.25) is 0 Å². The van der Waals surface area contributed by atoms with E-state index in [2.05, 4.69) is 0 Å². The molecule has 1 aromatic carbocycles. The number of aromatic carboxylic acids is 1. The highest BCUT2D eigenvalue weighted by Crippen LogP contribution is 2.28. The third-order valence-electron chi connectivity index (χ3n) is 3.07. The van der Waals surface area contributed by atoms with Crippen LogP contribution in [-0.2, 0) is 11.2 Å². The Balaban J connectivity index is 1.74. The van der Waals surface area contributed by atoms with Gasteiger partial charge >= 0.3 is 5.97 Å². The first-order chi connectivity index (χ1) is 8.66. The van der Waals surface area contributed by atoms with Gasteiger partial charge in [0.2, 0.25) is 0 Å². The highest BCUT2D eigenvalue weighted by Gasteiger charge is 2.20. The first kappa shape index (κ1) is 13.4. The number of hydrogen-bond acceptors (Lipinski definition) is 2. The molecule has 0 atom stereocenters. The van der Waals surface area contributed by atoms with Crippen molar-refractivity contribution in [2.24, 2.45) is 5.92 Å². The minimum Gasteiger partial charge on any atom is -0.478 e. The van der Waals surface area contributed by atoms with E-state index in [1.54, 1.807) is 12.1 Å². The zero-order valence-corrected chi connectivity index (χ0v) is 10.9. The number of halogens is 1. The van der Waals surface area contributed by atoms with Crippen LogP contribution in [0.3, 0.4) is 0 Å². The van der Waals surface area contributed by atoms with E-state index in [4.69, 9.17) is 21.4 Å². The second-order valence-corrected chi connectivity index (χ2v) is 5.15. The van der Waals surface area contributed by atoms with Crippen molar-refractivity contribution in [2.45, 2.75) is 25.7 Å². The van der Waals surface area contributed by atoms with Crippen LogP contribution in [0.25, 0.3) is 0 Å². The van der Waals surface area contributed by atoms with E-state index in [0.717, 1.165) is 37.5 Å². The molecule has 1 aliphatic carbocycles. The Morgan fingerprint density at radius 2 is 2.22 bits per heavy atom. The zero-order chi connectivity index (χ0) is 13.0. The van der Waals surface area contributed by atoms with Gasteiger partial charge in [-0.1, -0.05) is 17.7 Å². The van der Waals surface area contributed by atoms with Crippen LogP contribution in [0.1, 0.15) is 35.2 Å². The molecule has 0 unspecified atom stereocenters. The highest BCUT2D eigenvalue weighted by atomic mass is 35.5. The smallest absolute Gasteiger partial charge is 0.337 e. The molecule has 0 aliphatic heterocycles. The van der Waals surface area contributed by atoms with Crippen molar-refractivity contribution in [3.8, 4) is 0 Å². The molecule has 0 amide bonds. The van der Waals surface area contributed by atoms with Gasteiger partial charge in [-0.05, 0) is 49.3 Å². The molecule has 1 fully saturated rings. The highest BCUT2D eigenvalue weighted by molar-refractivity contribution is 6.33. The molecule has 0 heterocycles. The zero-order valence-electron chi connectivity index (χ0n) is 10.2. The fourth-order valence-electron chi connectivity index (χ4n) is 1.80. The van der Waals surface area contributed by atoms with E-state index in [9.17, 15) is 4.79 Å². The summed E-state index contributed by atoms with van der Waals surface area (Å²) in [6, 6.07) is 5.10. The Morgan fingerprint density at radius 3 is 2.83 bits per heavy atom. The van der Waals surface area contributed by atoms with Crippen molar-refractivity contribution in [1.29, 1.82) is 0 Å². The van der Waals surface area contributed by atoms with Crippen LogP contribution in [0.2, 0.25) is 5.02 Å². The number of carboxylic acids is 1. The number of carbonyl (C=O) groups is 1. The normalized spacial score (nSPS) is 14.7. The Hall–Kier alpha value is -1.06. The molecule has 1 aromatic rings. The molecular formula is C14H17ClO3. The lowest BCUT2D eigenvalue weighted by Gasteiger charge is -2.05. The van der Waals surface area contributed by atoms with Gasteiger partial charge in [-0.15, -0.1) is 0 Å². The molecule has 0 radical (unpaired) electrons. The molecule has 0 bridgehead atoms. The van der Waals surface area contributed by atoms with Crippen LogP contribution in [0.4, 0.5) is 0 Å². The molecule has 1 aliphatic rings. The summed E-state index contributed by atoms with van der Waals surface area (Å²) in [6.45, 7) is 1.65. The van der Waals surface area contributed by atoms with Crippen LogP contribution in [-0.4, -0.2) is 24.3 Å². The minimum absolute atomic E-state index is 0.158. The number of carboxylic acid groups (broad SMARTS) is 1. The van der Waals surface area contributed by atoms with Crippen molar-refractivity contribution < 1.29 is 14.6 Å². The summed E-state index contributed by atoms with van der Waals surface area (Å²) in [5.74, 6) is -0.186. The molecule has 1 saturated carbocycles. The van der Waals surface area contributed by atoms with Gasteiger partial charge in [0, 0.05) is 13.2 Å². The van der Waals surface area contributed by atoms with Crippen molar-refractivity contribution >= 4 is 17.6 Å². The van der Waals surface area contributed by atoms with E-state index in [1.807, 2.05) is 6.07 Å². The second-order valence-electron chi connectivity index (χ2n) is 4.74. The van der Waals surface area contributed by atoms with Crippen LogP contribution in [0, 0.1) is 5.92 Å². The third kappa shape index (κ3) is 4.00. The van der Waals surface area contributed by atoms with Gasteiger partial charge in [-0.2, -0.15) is 0 Å². The minimum atomic E-state index is -0.987. The van der Waals surface area contributed by atoms with Gasteiger partial charge in [0.1, 0.15) is 0 Å². The molecular weight excluding hydrogens is 252 g/mol. The Labute approximate surface area is 112 Å². The van der Waals surface area contributed by atoms with Crippen LogP contribution in [0.5, 0.6) is 0 Å². The van der Waals surface area contributed by atoms with Gasteiger partial charge in [0.05, 0.1) is 10.6 Å². The monoisotopic (exact) mass is 268 g/mol. The number of rotatable bonds is 7. The summed E-state index contributed by atoms with van der Waals surface area (Å²) < 4.78 is 5.54. The lowest BCUT2D eigenvalue weighted by atomic mass is 10.1. The molecule has 0 aromatic heterocycles. The van der Waals surface area contributed by atoms with Crippen LogP contribution in [0.15, 0.2) is 18.2 Å². The molecule has 98 valence electrons. The molecule has 3 nitrogen and oxygen atoms in total. The second kappa shape index (κ2) is 6.21. The van der Waals surface area contributed by atoms with E-state index < -0.39 is 5.97 Å². The summed E-state index contributed by atoms with van der Waals surface area (Å²) >= 11 is 5.90. The summed E-state index contributed by atoms with van der Waals surface area (Å²) in [4.78, 5) is 10.8. The fourth-order valence-corrected chi connectivity index (χ4v) is 2.08. The number of hydrogen-bond donors (Lipinski definition) is 1. The predicted octanol–water partition coefficient (Wildman–Crippen LogP) is 3.40. The maximum atomic E-state index is 10.8. The van der Waals surface area contributed by atoms with Crippen LogP contribution < -0.4 is 0 Å². The van der Waals surface area contributed by atoms with E-state index in [0.29, 0.717) is 5.02 Å². The average Bonchev–Trinajstić information content (AvgIpc) is 3.12. The lowest BCUT2D eigenvalue weighted by molar-refractivity contribution is 0.0697. The Kier molecular flexibility index (Phi) is 4.61. The summed E-state index contributed by atoms with van der Waals surface area (Å²) in [6.07, 6.45) is 4.43. The summed E-state index contributed by atoms with van der Waals surface area (Å²) in [7, 11) is 0. The maximum Gasteiger partial charge on any atom is 0.337 e. The standard InChI is InChI=1S/C14H17ClO3/c15-13-8-10(5-6-12(13)14(16)17)2-1-7-18-9-11-3-4-11/h5-6,8,11H,1-4,7,9H2,(H,16,17). The molecule has 18 heavy (non-hydrogen) atoms. The van der Waals surface area contributed by atoms with Gasteiger partial charge in [0.15, 0.2) is 0 Å². The molecule has 0 spiro atoms. The molecule has 0 saturated heterocycles. The number of benzene rings is 1. The van der Waals surface area contributed by atoms with E-state index in [1.165, 1.54) is 12.8 Å². The van der Waals surface area contributed by atoms with Crippen LogP contribution >= 0.6 is 11.6 Å². The SMILES string of the molecule is O=C(O)c1ccc(CCCOCC2CC2)cc1Cl. The topological polar surface area (TPSA) is 46.5 Å². The first-order valence-electron chi connectivity index (χ1n) is 6.26. The van der Waals surface area contributed by atoms with Crippen molar-refractivity contribution in [1.82, 2.24) is 0 Å². The third-order valence-corrected chi connectivity index (χ3v) is 3.38. The summed E-state index contributed by atoms with van der Waals surface area (Å²) in [5, 5.41) is 9.16. The lowest BCUT2D eigenvalue weighted by Crippen LogP contribution is -2.01. The summed E-state index contributed by atoms with van der Waals surface area (Å²) in [5.41, 5.74) is 1.21. The molecule has 4 heteroatoms. The quantitative estimate of drug-likeness (QED) is 0.771. The van der Waals surface area contributed by atoms with Gasteiger partial charge in [0.25, 0.3) is 0 Å². The molecule has 2 rings (SSSR count). The Morgan fingerprint density at radius 1 is 1.44 bits per heavy atom. The fraction of sp³-hybridized carbons (Fsp3) is 0.500. The van der Waals surface area contributed by atoms with E-state index >= 15 is 0 Å². The van der Waals surface area contributed by atoms with Crippen molar-refractivity contribution in [3.05, 3.63) is 34.3 Å². The molecule has 1 N–H and O–H groups in total. The van der Waals surface area contributed by atoms with E-state index in [-0.39, 0.29) is 5.56 Å². The number of aryl methyl sites for hydroxylation is 1. The number of ether oxygens (including phenoxy) is 1. The van der Waals surface area contributed by atoms with Crippen molar-refractivity contribution in [3.63, 3.8) is 0 Å². The van der Waals surface area contributed by atoms with Crippen molar-refractivity contribution in [2.75, 3.05) is 13.2 Å². The Bertz CT molecular complexity index is 427.